The van der Waals surface area contributed by atoms with Gasteiger partial charge in [-0.1, -0.05) is 12.5 Å². The summed E-state index contributed by atoms with van der Waals surface area (Å²) in [6, 6.07) is 9.34. The molecule has 1 N–H and O–H groups in total. The normalized spacial score (nSPS) is 24.6. The van der Waals surface area contributed by atoms with Gasteiger partial charge in [-0.2, -0.15) is 0 Å². The highest BCUT2D eigenvalue weighted by atomic mass is 16.2. The van der Waals surface area contributed by atoms with E-state index in [-0.39, 0.29) is 23.3 Å². The second-order valence-corrected chi connectivity index (χ2v) is 8.11. The Morgan fingerprint density at radius 2 is 2.11 bits per heavy atom. The van der Waals surface area contributed by atoms with Gasteiger partial charge in [-0.25, -0.2) is 9.97 Å². The summed E-state index contributed by atoms with van der Waals surface area (Å²) in [6.07, 6.45) is 5.97. The Balaban J connectivity index is 1.47. The zero-order chi connectivity index (χ0) is 19.7. The summed E-state index contributed by atoms with van der Waals surface area (Å²) in [5.74, 6) is 0.726. The van der Waals surface area contributed by atoms with Gasteiger partial charge in [-0.15, -0.1) is 0 Å². The van der Waals surface area contributed by atoms with Crippen LogP contribution in [0.5, 0.6) is 0 Å². The summed E-state index contributed by atoms with van der Waals surface area (Å²) in [6.45, 7) is 4.57. The van der Waals surface area contributed by atoms with Crippen LogP contribution < -0.4 is 10.2 Å². The predicted molar refractivity (Wildman–Crippen MR) is 107 cm³/mol. The van der Waals surface area contributed by atoms with E-state index in [1.807, 2.05) is 43.0 Å². The van der Waals surface area contributed by atoms with Crippen molar-refractivity contribution in [1.82, 2.24) is 15.3 Å². The number of rotatable bonds is 3. The minimum Gasteiger partial charge on any atom is -0.348 e. The second-order valence-electron chi connectivity index (χ2n) is 8.11. The lowest BCUT2D eigenvalue weighted by Crippen LogP contribution is -2.46. The van der Waals surface area contributed by atoms with Gasteiger partial charge in [-0.3, -0.25) is 14.5 Å². The fourth-order valence-corrected chi connectivity index (χ4v) is 4.54. The van der Waals surface area contributed by atoms with Gasteiger partial charge in [-0.05, 0) is 69.4 Å². The molecule has 0 radical (unpaired) electrons. The molecule has 2 atom stereocenters. The summed E-state index contributed by atoms with van der Waals surface area (Å²) >= 11 is 0. The first-order valence-electron chi connectivity index (χ1n) is 9.96. The van der Waals surface area contributed by atoms with Crippen LogP contribution in [0.25, 0.3) is 0 Å². The molecule has 1 aliphatic heterocycles. The van der Waals surface area contributed by atoms with Crippen LogP contribution in [-0.2, 0) is 4.79 Å². The van der Waals surface area contributed by atoms with Crippen LogP contribution in [-0.4, -0.2) is 34.4 Å². The number of aryl methyl sites for hydroxylation is 2. The molecule has 1 saturated heterocycles. The Labute approximate surface area is 165 Å². The number of aromatic nitrogens is 2. The fourth-order valence-electron chi connectivity index (χ4n) is 4.54. The molecule has 146 valence electrons. The largest absolute Gasteiger partial charge is 0.348 e. The first-order valence-corrected chi connectivity index (χ1v) is 9.96. The maximum Gasteiger partial charge on any atom is 0.270 e. The molecule has 1 saturated carbocycles. The summed E-state index contributed by atoms with van der Waals surface area (Å²) < 4.78 is 0. The van der Waals surface area contributed by atoms with Crippen molar-refractivity contribution in [3.8, 4) is 0 Å². The van der Waals surface area contributed by atoms with Crippen LogP contribution in [0.2, 0.25) is 0 Å². The van der Waals surface area contributed by atoms with Gasteiger partial charge in [0.25, 0.3) is 5.91 Å². The van der Waals surface area contributed by atoms with Gasteiger partial charge in [0.1, 0.15) is 11.5 Å². The van der Waals surface area contributed by atoms with E-state index < -0.39 is 0 Å². The van der Waals surface area contributed by atoms with Crippen LogP contribution >= 0.6 is 0 Å². The van der Waals surface area contributed by atoms with Crippen LogP contribution in [0, 0.1) is 19.3 Å². The standard InChI is InChI=1S/C22H26N4O2/c1-15-8-11-23-19(13-15)26-12-10-22(21(26)28)9-4-6-17(14-22)25-20(27)18-7-3-5-16(2)24-18/h3,5,7-8,11,13,17H,4,6,9-10,12,14H2,1-2H3,(H,25,27). The molecule has 2 aliphatic rings. The van der Waals surface area contributed by atoms with Crippen LogP contribution in [0.4, 0.5) is 5.82 Å². The smallest absolute Gasteiger partial charge is 0.270 e. The summed E-state index contributed by atoms with van der Waals surface area (Å²) in [4.78, 5) is 36.4. The summed E-state index contributed by atoms with van der Waals surface area (Å²) in [5, 5.41) is 3.11. The van der Waals surface area contributed by atoms with Gasteiger partial charge in [0, 0.05) is 24.5 Å². The minimum absolute atomic E-state index is 0.00192. The van der Waals surface area contributed by atoms with Gasteiger partial charge >= 0.3 is 0 Å². The zero-order valence-corrected chi connectivity index (χ0v) is 16.4. The third-order valence-electron chi connectivity index (χ3n) is 5.99. The van der Waals surface area contributed by atoms with Crippen molar-refractivity contribution in [2.75, 3.05) is 11.4 Å². The molecule has 6 nitrogen and oxygen atoms in total. The molecule has 2 aromatic heterocycles. The molecule has 3 heterocycles. The highest BCUT2D eigenvalue weighted by molar-refractivity contribution is 5.99. The van der Waals surface area contributed by atoms with Crippen molar-refractivity contribution in [3.05, 3.63) is 53.5 Å². The number of nitrogens with one attached hydrogen (secondary N) is 1. The third-order valence-corrected chi connectivity index (χ3v) is 5.99. The lowest BCUT2D eigenvalue weighted by Gasteiger charge is -2.36. The highest BCUT2D eigenvalue weighted by Gasteiger charge is 2.50. The Morgan fingerprint density at radius 1 is 1.25 bits per heavy atom. The maximum absolute atomic E-state index is 13.3. The van der Waals surface area contributed by atoms with E-state index in [1.54, 1.807) is 12.3 Å². The molecule has 2 unspecified atom stereocenters. The van der Waals surface area contributed by atoms with Crippen molar-refractivity contribution in [3.63, 3.8) is 0 Å². The van der Waals surface area contributed by atoms with Crippen molar-refractivity contribution in [1.29, 1.82) is 0 Å². The van der Waals surface area contributed by atoms with Crippen molar-refractivity contribution in [2.24, 2.45) is 5.41 Å². The molecule has 6 heteroatoms. The molecule has 1 spiro atoms. The minimum atomic E-state index is -0.387. The third kappa shape index (κ3) is 3.51. The average molecular weight is 378 g/mol. The van der Waals surface area contributed by atoms with Gasteiger partial charge in [0.05, 0.1) is 5.41 Å². The van der Waals surface area contributed by atoms with Crippen molar-refractivity contribution < 1.29 is 9.59 Å². The van der Waals surface area contributed by atoms with E-state index in [9.17, 15) is 9.59 Å². The highest BCUT2D eigenvalue weighted by Crippen LogP contribution is 2.45. The SMILES string of the molecule is Cc1ccnc(N2CCC3(CCCC(NC(=O)c4cccc(C)n4)C3)C2=O)c1. The number of pyridine rings is 2. The first kappa shape index (κ1) is 18.6. The first-order chi connectivity index (χ1) is 13.5. The number of nitrogens with zero attached hydrogens (tertiary/aromatic N) is 3. The topological polar surface area (TPSA) is 75.2 Å². The molecular weight excluding hydrogens is 352 g/mol. The van der Waals surface area contributed by atoms with E-state index >= 15 is 0 Å². The molecular formula is C22H26N4O2. The number of carbonyl (C=O) groups excluding carboxylic acids is 2. The van der Waals surface area contributed by atoms with E-state index in [0.717, 1.165) is 42.8 Å². The van der Waals surface area contributed by atoms with Crippen LogP contribution in [0.1, 0.15) is 53.8 Å². The fraction of sp³-hybridized carbons (Fsp3) is 0.455. The predicted octanol–water partition coefficient (Wildman–Crippen LogP) is 3.19. The Hall–Kier alpha value is -2.76. The quantitative estimate of drug-likeness (QED) is 0.890. The van der Waals surface area contributed by atoms with E-state index in [2.05, 4.69) is 15.3 Å². The molecule has 2 fully saturated rings. The van der Waals surface area contributed by atoms with E-state index in [0.29, 0.717) is 18.7 Å². The number of hydrogen-bond acceptors (Lipinski definition) is 4. The number of amides is 2. The number of anilines is 1. The Kier molecular flexibility index (Phi) is 4.87. The lowest BCUT2D eigenvalue weighted by molar-refractivity contribution is -0.127. The van der Waals surface area contributed by atoms with Crippen LogP contribution in [0.3, 0.4) is 0 Å². The van der Waals surface area contributed by atoms with Crippen molar-refractivity contribution >= 4 is 17.6 Å². The Morgan fingerprint density at radius 3 is 2.89 bits per heavy atom. The molecule has 0 aromatic carbocycles. The van der Waals surface area contributed by atoms with Gasteiger partial charge in [0.15, 0.2) is 0 Å². The second kappa shape index (κ2) is 7.34. The van der Waals surface area contributed by atoms with E-state index in [4.69, 9.17) is 0 Å². The molecule has 4 rings (SSSR count). The molecule has 28 heavy (non-hydrogen) atoms. The number of carbonyl (C=O) groups is 2. The van der Waals surface area contributed by atoms with Crippen molar-refractivity contribution in [2.45, 2.75) is 52.0 Å². The molecule has 2 amide bonds. The maximum atomic E-state index is 13.3. The van der Waals surface area contributed by atoms with E-state index in [1.165, 1.54) is 0 Å². The summed E-state index contributed by atoms with van der Waals surface area (Å²) in [5.41, 5.74) is 1.96. The molecule has 0 bridgehead atoms. The summed E-state index contributed by atoms with van der Waals surface area (Å²) in [7, 11) is 0. The van der Waals surface area contributed by atoms with Gasteiger partial charge in [0.2, 0.25) is 5.91 Å². The monoisotopic (exact) mass is 378 g/mol. The molecule has 2 aromatic rings. The Bertz CT molecular complexity index is 913. The number of hydrogen-bond donors (Lipinski definition) is 1. The lowest BCUT2D eigenvalue weighted by atomic mass is 9.71. The van der Waals surface area contributed by atoms with Crippen LogP contribution in [0.15, 0.2) is 36.5 Å². The average Bonchev–Trinajstić information content (AvgIpc) is 2.97. The zero-order valence-electron chi connectivity index (χ0n) is 16.4. The molecule has 1 aliphatic carbocycles. The van der Waals surface area contributed by atoms with Gasteiger partial charge < -0.3 is 5.32 Å².